The molecule has 5 atom stereocenters. The number of carbonyl (C=O) groups excluding carboxylic acids is 4. The Morgan fingerprint density at radius 2 is 0.551 bits per heavy atom. The second kappa shape index (κ2) is 70.2. The van der Waals surface area contributed by atoms with Gasteiger partial charge in [-0.2, -0.15) is 0 Å². The minimum atomic E-state index is -4.96. The Bertz CT molecular complexity index is 1980. The summed E-state index contributed by atoms with van der Waals surface area (Å²) < 4.78 is 68.5. The standard InChI is InChI=1S/C79H150O17P2/c1-7-9-11-13-15-17-18-19-22-28-34-39-45-51-57-63-78(83)95-74(67-89-76(81)61-55-49-43-16-14-12-10-8-2)69-93-97(85,86)91-65-73(80)66-92-98(87,88)94-70-75(68-90-77(82)62-56-50-44-38-33-30-25-27-32-37-42-48-54-60-72(5)6)96-79(84)64-58-52-46-40-35-29-24-21-20-23-26-31-36-41-47-53-59-71(3)4/h17-19,22,71-75,80H,7-16,20-21,23-70H2,1-6H3,(H,85,86)(H,87,88)/b18-17-,22-19-/t73-,74+,75+/m0/s1. The van der Waals surface area contributed by atoms with E-state index in [4.69, 9.17) is 37.0 Å². The van der Waals surface area contributed by atoms with Crippen molar-refractivity contribution in [3.05, 3.63) is 24.3 Å². The van der Waals surface area contributed by atoms with Gasteiger partial charge in [-0.15, -0.1) is 0 Å². The molecule has 0 radical (unpaired) electrons. The van der Waals surface area contributed by atoms with E-state index in [1.165, 1.54) is 186 Å². The van der Waals surface area contributed by atoms with Crippen LogP contribution >= 0.6 is 15.6 Å². The van der Waals surface area contributed by atoms with Gasteiger partial charge >= 0.3 is 39.5 Å². The minimum Gasteiger partial charge on any atom is -0.462 e. The molecule has 0 heterocycles. The predicted molar refractivity (Wildman–Crippen MR) is 400 cm³/mol. The van der Waals surface area contributed by atoms with Crippen molar-refractivity contribution < 1.29 is 80.2 Å². The van der Waals surface area contributed by atoms with Gasteiger partial charge in [-0.05, 0) is 63.2 Å². The van der Waals surface area contributed by atoms with Crippen LogP contribution in [0.25, 0.3) is 0 Å². The van der Waals surface area contributed by atoms with E-state index in [2.05, 4.69) is 65.8 Å². The first-order chi connectivity index (χ1) is 47.4. The van der Waals surface area contributed by atoms with E-state index in [-0.39, 0.29) is 25.7 Å². The monoisotopic (exact) mass is 1430 g/mol. The highest BCUT2D eigenvalue weighted by molar-refractivity contribution is 7.47. The van der Waals surface area contributed by atoms with Crippen LogP contribution in [0.2, 0.25) is 0 Å². The first kappa shape index (κ1) is 95.5. The third-order valence-electron chi connectivity index (χ3n) is 17.8. The van der Waals surface area contributed by atoms with Crippen LogP contribution in [0, 0.1) is 11.8 Å². The molecule has 0 saturated heterocycles. The topological polar surface area (TPSA) is 237 Å². The highest BCUT2D eigenvalue weighted by Gasteiger charge is 2.30. The number of unbranched alkanes of at least 4 members (excludes halogenated alkanes) is 43. The van der Waals surface area contributed by atoms with Crippen LogP contribution in [0.1, 0.15) is 388 Å². The average molecular weight is 1430 g/mol. The summed E-state index contributed by atoms with van der Waals surface area (Å²) in [6, 6.07) is 0. The maximum absolute atomic E-state index is 13.1. The fraction of sp³-hybridized carbons (Fsp3) is 0.899. The van der Waals surface area contributed by atoms with Gasteiger partial charge in [-0.1, -0.05) is 336 Å². The zero-order valence-corrected chi connectivity index (χ0v) is 65.4. The first-order valence-corrected chi connectivity index (χ1v) is 43.3. The number of ether oxygens (including phenoxy) is 4. The lowest BCUT2D eigenvalue weighted by molar-refractivity contribution is -0.161. The molecule has 3 N–H and O–H groups in total. The third-order valence-corrected chi connectivity index (χ3v) is 19.7. The Labute approximate surface area is 599 Å². The van der Waals surface area contributed by atoms with Gasteiger partial charge in [0.15, 0.2) is 12.2 Å². The van der Waals surface area contributed by atoms with Gasteiger partial charge in [0.05, 0.1) is 26.4 Å². The molecular formula is C79H150O17P2. The summed E-state index contributed by atoms with van der Waals surface area (Å²) in [6.07, 6.45) is 61.9. The van der Waals surface area contributed by atoms with Crippen molar-refractivity contribution in [1.82, 2.24) is 0 Å². The van der Waals surface area contributed by atoms with E-state index in [0.29, 0.717) is 25.7 Å². The zero-order chi connectivity index (χ0) is 72.1. The van der Waals surface area contributed by atoms with Crippen molar-refractivity contribution in [3.8, 4) is 0 Å². The fourth-order valence-corrected chi connectivity index (χ4v) is 13.2. The largest absolute Gasteiger partial charge is 0.472 e. The number of hydrogen-bond donors (Lipinski definition) is 3. The van der Waals surface area contributed by atoms with Crippen molar-refractivity contribution in [2.45, 2.75) is 407 Å². The van der Waals surface area contributed by atoms with E-state index in [1.807, 2.05) is 0 Å². The molecule has 0 aromatic rings. The van der Waals surface area contributed by atoms with Crippen LogP contribution in [0.3, 0.4) is 0 Å². The number of aliphatic hydroxyl groups is 1. The van der Waals surface area contributed by atoms with E-state index >= 15 is 0 Å². The Kier molecular flexibility index (Phi) is 68.5. The molecule has 0 aromatic heterocycles. The van der Waals surface area contributed by atoms with Crippen molar-refractivity contribution >= 4 is 39.5 Å². The Hall–Kier alpha value is -2.46. The number of allylic oxidation sites excluding steroid dienone is 4. The minimum absolute atomic E-state index is 0.0849. The van der Waals surface area contributed by atoms with Crippen molar-refractivity contribution in [1.29, 1.82) is 0 Å². The smallest absolute Gasteiger partial charge is 0.462 e. The average Bonchev–Trinajstić information content (AvgIpc) is 1.04. The lowest BCUT2D eigenvalue weighted by Gasteiger charge is -2.21. The second-order valence-corrected chi connectivity index (χ2v) is 31.6. The summed E-state index contributed by atoms with van der Waals surface area (Å²) in [7, 11) is -9.93. The van der Waals surface area contributed by atoms with Crippen LogP contribution in [-0.2, 0) is 65.4 Å². The molecule has 0 aliphatic heterocycles. The summed E-state index contributed by atoms with van der Waals surface area (Å²) in [5.74, 6) is -0.547. The number of hydrogen-bond acceptors (Lipinski definition) is 15. The fourth-order valence-electron chi connectivity index (χ4n) is 11.6. The Morgan fingerprint density at radius 1 is 0.316 bits per heavy atom. The number of phosphoric ester groups is 2. The molecule has 98 heavy (non-hydrogen) atoms. The SMILES string of the molecule is CCCCCC/C=C\C=C/CCCCCCCC(=O)O[C@H](COC(=O)CCCCCCCCCC)COP(=O)(O)OC[C@H](O)COP(=O)(O)OC[C@@H](COC(=O)CCCCCCCCCCCCCCCC(C)C)OC(=O)CCCCCCCCCCCCCCCCCCC(C)C. The molecule has 17 nitrogen and oxygen atoms in total. The molecule has 0 saturated carbocycles. The highest BCUT2D eigenvalue weighted by Crippen LogP contribution is 2.45. The molecule has 0 fully saturated rings. The van der Waals surface area contributed by atoms with Gasteiger partial charge in [0.1, 0.15) is 19.3 Å². The molecule has 0 bridgehead atoms. The van der Waals surface area contributed by atoms with Gasteiger partial charge in [0.2, 0.25) is 0 Å². The third kappa shape index (κ3) is 71.9. The van der Waals surface area contributed by atoms with Crippen LogP contribution in [0.4, 0.5) is 0 Å². The lowest BCUT2D eigenvalue weighted by atomic mass is 10.0. The lowest BCUT2D eigenvalue weighted by Crippen LogP contribution is -2.30. The molecule has 0 amide bonds. The highest BCUT2D eigenvalue weighted by atomic mass is 31.2. The van der Waals surface area contributed by atoms with Gasteiger partial charge in [-0.25, -0.2) is 9.13 Å². The van der Waals surface area contributed by atoms with E-state index in [0.717, 1.165) is 121 Å². The molecule has 0 spiro atoms. The number of phosphoric acid groups is 2. The van der Waals surface area contributed by atoms with E-state index < -0.39 is 97.5 Å². The summed E-state index contributed by atoms with van der Waals surface area (Å²) in [4.78, 5) is 72.8. The molecule has 19 heteroatoms. The number of rotatable bonds is 76. The summed E-state index contributed by atoms with van der Waals surface area (Å²) in [5.41, 5.74) is 0. The van der Waals surface area contributed by atoms with Crippen molar-refractivity contribution in [3.63, 3.8) is 0 Å². The van der Waals surface area contributed by atoms with Crippen LogP contribution in [0.15, 0.2) is 24.3 Å². The molecule has 0 aromatic carbocycles. The van der Waals surface area contributed by atoms with Crippen LogP contribution in [-0.4, -0.2) is 96.7 Å². The second-order valence-electron chi connectivity index (χ2n) is 28.7. The summed E-state index contributed by atoms with van der Waals surface area (Å²) in [6.45, 7) is 9.57. The maximum atomic E-state index is 13.1. The van der Waals surface area contributed by atoms with Gasteiger partial charge in [-0.3, -0.25) is 37.3 Å². The van der Waals surface area contributed by atoms with Crippen molar-refractivity contribution in [2.24, 2.45) is 11.8 Å². The number of carbonyl (C=O) groups is 4. The number of esters is 4. The van der Waals surface area contributed by atoms with Crippen LogP contribution < -0.4 is 0 Å². The molecule has 0 aliphatic carbocycles. The first-order valence-electron chi connectivity index (χ1n) is 40.3. The Morgan fingerprint density at radius 3 is 0.837 bits per heavy atom. The molecular weight excluding hydrogens is 1280 g/mol. The van der Waals surface area contributed by atoms with Crippen molar-refractivity contribution in [2.75, 3.05) is 39.6 Å². The zero-order valence-electron chi connectivity index (χ0n) is 63.6. The van der Waals surface area contributed by atoms with E-state index in [9.17, 15) is 43.2 Å². The molecule has 2 unspecified atom stereocenters. The van der Waals surface area contributed by atoms with Gasteiger partial charge in [0, 0.05) is 25.7 Å². The number of aliphatic hydroxyl groups excluding tert-OH is 1. The summed E-state index contributed by atoms with van der Waals surface area (Å²) in [5, 5.41) is 10.6. The predicted octanol–water partition coefficient (Wildman–Crippen LogP) is 23.1. The van der Waals surface area contributed by atoms with Gasteiger partial charge < -0.3 is 33.8 Å². The quantitative estimate of drug-likeness (QED) is 0.0169. The van der Waals surface area contributed by atoms with E-state index in [1.54, 1.807) is 0 Å². The summed E-state index contributed by atoms with van der Waals surface area (Å²) >= 11 is 0. The van der Waals surface area contributed by atoms with Gasteiger partial charge in [0.25, 0.3) is 0 Å². The molecule has 578 valence electrons. The van der Waals surface area contributed by atoms with Crippen LogP contribution in [0.5, 0.6) is 0 Å². The Balaban J connectivity index is 5.24. The molecule has 0 aliphatic rings. The molecule has 0 rings (SSSR count). The normalized spacial score (nSPS) is 14.1. The maximum Gasteiger partial charge on any atom is 0.472 e.